The van der Waals surface area contributed by atoms with Crippen LogP contribution >= 0.6 is 0 Å². The maximum atomic E-state index is 13.2. The summed E-state index contributed by atoms with van der Waals surface area (Å²) in [4.78, 5) is 32.0. The molecule has 0 aliphatic carbocycles. The second-order valence-electron chi connectivity index (χ2n) is 9.79. The second-order valence-corrected chi connectivity index (χ2v) is 9.79. The van der Waals surface area contributed by atoms with Gasteiger partial charge in [0.05, 0.1) is 6.04 Å². The predicted molar refractivity (Wildman–Crippen MR) is 133 cm³/mol. The van der Waals surface area contributed by atoms with Gasteiger partial charge in [-0.2, -0.15) is 0 Å². The topological polar surface area (TPSA) is 67.9 Å². The van der Waals surface area contributed by atoms with Crippen LogP contribution in [0.1, 0.15) is 24.8 Å². The van der Waals surface area contributed by atoms with Crippen molar-refractivity contribution in [3.05, 3.63) is 66.0 Å². The van der Waals surface area contributed by atoms with E-state index in [0.29, 0.717) is 19.5 Å². The number of nitrogens with one attached hydrogen (secondary N) is 2. The number of carbonyl (C=O) groups is 2. The first-order chi connectivity index (χ1) is 17.1. The van der Waals surface area contributed by atoms with Crippen LogP contribution < -0.4 is 15.5 Å². The molecule has 3 aliphatic heterocycles. The van der Waals surface area contributed by atoms with E-state index in [9.17, 15) is 14.0 Å². The molecule has 2 N–H and O–H groups in total. The van der Waals surface area contributed by atoms with Crippen LogP contribution in [0.5, 0.6) is 0 Å². The summed E-state index contributed by atoms with van der Waals surface area (Å²) in [6.07, 6.45) is 2.00. The molecular weight excluding hydrogens is 445 g/mol. The largest absolute Gasteiger partial charge is 0.368 e. The summed E-state index contributed by atoms with van der Waals surface area (Å²) < 4.78 is 13.2. The molecule has 2 aromatic rings. The highest BCUT2D eigenvalue weighted by Gasteiger charge is 2.43. The van der Waals surface area contributed by atoms with E-state index >= 15 is 0 Å². The van der Waals surface area contributed by atoms with Crippen LogP contribution in [0.3, 0.4) is 0 Å². The van der Waals surface area contributed by atoms with Crippen molar-refractivity contribution < 1.29 is 14.0 Å². The minimum atomic E-state index is -0.237. The first-order valence-corrected chi connectivity index (χ1v) is 12.7. The zero-order valence-corrected chi connectivity index (χ0v) is 20.0. The van der Waals surface area contributed by atoms with Crippen molar-refractivity contribution in [2.75, 3.05) is 44.2 Å². The Morgan fingerprint density at radius 3 is 2.51 bits per heavy atom. The van der Waals surface area contributed by atoms with Gasteiger partial charge >= 0.3 is 0 Å². The first-order valence-electron chi connectivity index (χ1n) is 12.7. The van der Waals surface area contributed by atoms with Gasteiger partial charge in [0.1, 0.15) is 5.82 Å². The highest BCUT2D eigenvalue weighted by molar-refractivity contribution is 5.83. The number of anilines is 1. The number of fused-ring (bicyclic) bond motifs is 1. The number of para-hydroxylation sites is 1. The Morgan fingerprint density at radius 2 is 1.77 bits per heavy atom. The summed E-state index contributed by atoms with van der Waals surface area (Å²) in [5.41, 5.74) is 2.23. The molecule has 3 saturated heterocycles. The van der Waals surface area contributed by atoms with Gasteiger partial charge in [-0.1, -0.05) is 30.3 Å². The molecule has 3 aliphatic rings. The van der Waals surface area contributed by atoms with Crippen LogP contribution in [0.15, 0.2) is 54.6 Å². The molecule has 3 heterocycles. The Labute approximate surface area is 206 Å². The lowest BCUT2D eigenvalue weighted by molar-refractivity contribution is -0.132. The van der Waals surface area contributed by atoms with E-state index in [1.54, 1.807) is 12.1 Å². The van der Waals surface area contributed by atoms with Crippen molar-refractivity contribution in [2.24, 2.45) is 0 Å². The van der Waals surface area contributed by atoms with Gasteiger partial charge in [0.15, 0.2) is 0 Å². The van der Waals surface area contributed by atoms with Crippen LogP contribution in [0.25, 0.3) is 0 Å². The second kappa shape index (κ2) is 10.7. The highest BCUT2D eigenvalue weighted by atomic mass is 19.1. The number of hydrogen-bond acceptors (Lipinski definition) is 5. The third kappa shape index (κ3) is 5.65. The summed E-state index contributed by atoms with van der Waals surface area (Å²) in [6, 6.07) is 17.1. The van der Waals surface area contributed by atoms with E-state index in [1.165, 1.54) is 17.8 Å². The van der Waals surface area contributed by atoms with E-state index < -0.39 is 0 Å². The van der Waals surface area contributed by atoms with Crippen molar-refractivity contribution in [3.63, 3.8) is 0 Å². The van der Waals surface area contributed by atoms with Crippen molar-refractivity contribution in [2.45, 2.75) is 43.9 Å². The standard InChI is InChI=1S/C27H34FN5O2/c28-21-8-6-20(7-9-21)17-29-22-16-25-27(35)30-18-24(33(25)19-22)10-11-26(34)32-14-12-31(13-15-32)23-4-2-1-3-5-23/h1-9,22,24-25,29H,10-19H2,(H,30,35). The number of piperazine rings is 2. The predicted octanol–water partition coefficient (Wildman–Crippen LogP) is 1.99. The average Bonchev–Trinajstić information content (AvgIpc) is 3.34. The summed E-state index contributed by atoms with van der Waals surface area (Å²) in [7, 11) is 0. The monoisotopic (exact) mass is 479 g/mol. The number of nitrogens with zero attached hydrogens (tertiary/aromatic N) is 3. The molecule has 0 radical (unpaired) electrons. The fraction of sp³-hybridized carbons (Fsp3) is 0.481. The Balaban J connectivity index is 1.10. The summed E-state index contributed by atoms with van der Waals surface area (Å²) in [5, 5.41) is 6.57. The van der Waals surface area contributed by atoms with E-state index in [-0.39, 0.29) is 35.8 Å². The molecule has 0 spiro atoms. The molecule has 35 heavy (non-hydrogen) atoms. The zero-order chi connectivity index (χ0) is 24.2. The van der Waals surface area contributed by atoms with Gasteiger partial charge in [0.2, 0.25) is 11.8 Å². The molecule has 8 heteroatoms. The van der Waals surface area contributed by atoms with Gasteiger partial charge in [-0.3, -0.25) is 14.5 Å². The van der Waals surface area contributed by atoms with Crippen LogP contribution in [0.4, 0.5) is 10.1 Å². The first kappa shape index (κ1) is 23.8. The third-order valence-electron chi connectivity index (χ3n) is 7.58. The molecular formula is C27H34FN5O2. The van der Waals surface area contributed by atoms with Crippen molar-refractivity contribution in [1.82, 2.24) is 20.4 Å². The van der Waals surface area contributed by atoms with Crippen molar-refractivity contribution in [1.29, 1.82) is 0 Å². The molecule has 0 bridgehead atoms. The van der Waals surface area contributed by atoms with E-state index in [0.717, 1.165) is 51.1 Å². The maximum absolute atomic E-state index is 13.2. The lowest BCUT2D eigenvalue weighted by Gasteiger charge is -2.38. The number of halogens is 1. The molecule has 3 unspecified atom stereocenters. The van der Waals surface area contributed by atoms with Gasteiger partial charge in [-0.05, 0) is 42.7 Å². The van der Waals surface area contributed by atoms with Crippen LogP contribution in [-0.4, -0.2) is 79.0 Å². The minimum Gasteiger partial charge on any atom is -0.368 e. The summed E-state index contributed by atoms with van der Waals surface area (Å²) >= 11 is 0. The number of rotatable bonds is 7. The molecule has 0 saturated carbocycles. The van der Waals surface area contributed by atoms with Gasteiger partial charge in [0, 0.05) is 70.0 Å². The quantitative estimate of drug-likeness (QED) is 0.636. The van der Waals surface area contributed by atoms with Crippen molar-refractivity contribution in [3.8, 4) is 0 Å². The van der Waals surface area contributed by atoms with Gasteiger partial charge in [-0.15, -0.1) is 0 Å². The third-order valence-corrected chi connectivity index (χ3v) is 7.58. The Morgan fingerprint density at radius 1 is 1.03 bits per heavy atom. The molecule has 5 rings (SSSR count). The van der Waals surface area contributed by atoms with Crippen molar-refractivity contribution >= 4 is 17.5 Å². The van der Waals surface area contributed by atoms with E-state index in [4.69, 9.17) is 0 Å². The molecule has 2 amide bonds. The highest BCUT2D eigenvalue weighted by Crippen LogP contribution is 2.26. The fourth-order valence-corrected chi connectivity index (χ4v) is 5.56. The Kier molecular flexibility index (Phi) is 7.29. The minimum absolute atomic E-state index is 0.0793. The number of benzene rings is 2. The van der Waals surface area contributed by atoms with Gasteiger partial charge in [-0.25, -0.2) is 4.39 Å². The molecule has 3 atom stereocenters. The normalized spacial score (nSPS) is 24.8. The van der Waals surface area contributed by atoms with Gasteiger partial charge in [0.25, 0.3) is 0 Å². The molecule has 3 fully saturated rings. The maximum Gasteiger partial charge on any atom is 0.237 e. The lowest BCUT2D eigenvalue weighted by Crippen LogP contribution is -2.58. The smallest absolute Gasteiger partial charge is 0.237 e. The summed E-state index contributed by atoms with van der Waals surface area (Å²) in [5.74, 6) is 0.0471. The van der Waals surface area contributed by atoms with Gasteiger partial charge < -0.3 is 20.4 Å². The molecule has 2 aromatic carbocycles. The van der Waals surface area contributed by atoms with E-state index in [1.807, 2.05) is 23.1 Å². The van der Waals surface area contributed by atoms with Crippen LogP contribution in [0, 0.1) is 5.82 Å². The SMILES string of the molecule is O=C1NCC(CCC(=O)N2CCN(c3ccccc3)CC2)N2CC(NCc3ccc(F)cc3)CC12. The Bertz CT molecular complexity index is 1010. The molecule has 7 nitrogen and oxygen atoms in total. The van der Waals surface area contributed by atoms with Crippen LogP contribution in [0.2, 0.25) is 0 Å². The number of hydrogen-bond donors (Lipinski definition) is 2. The molecule has 0 aromatic heterocycles. The number of carbonyl (C=O) groups excluding carboxylic acids is 2. The lowest BCUT2D eigenvalue weighted by atomic mass is 10.0. The number of amides is 2. The molecule has 186 valence electrons. The fourth-order valence-electron chi connectivity index (χ4n) is 5.56. The zero-order valence-electron chi connectivity index (χ0n) is 20.0. The van der Waals surface area contributed by atoms with E-state index in [2.05, 4.69) is 32.6 Å². The summed E-state index contributed by atoms with van der Waals surface area (Å²) in [6.45, 7) is 5.22. The van der Waals surface area contributed by atoms with Crippen LogP contribution in [-0.2, 0) is 16.1 Å². The Hall–Kier alpha value is -2.97. The average molecular weight is 480 g/mol.